The number of amides is 1. The number of aliphatic hydroxyl groups is 2. The van der Waals surface area contributed by atoms with E-state index in [1.54, 1.807) is 0 Å². The Morgan fingerprint density at radius 1 is 0.955 bits per heavy atom. The van der Waals surface area contributed by atoms with E-state index in [0.29, 0.717) is 11.7 Å². The molecule has 0 saturated carbocycles. The summed E-state index contributed by atoms with van der Waals surface area (Å²) in [6.07, 6.45) is 0.462. The third-order valence-corrected chi connectivity index (χ3v) is 9.35. The normalized spacial score (nSPS) is 14.1. The summed E-state index contributed by atoms with van der Waals surface area (Å²) in [6.45, 7) is -3.15. The van der Waals surface area contributed by atoms with Crippen molar-refractivity contribution in [1.29, 1.82) is 0 Å². The van der Waals surface area contributed by atoms with Gasteiger partial charge in [0.05, 0.1) is 6.61 Å². The fourth-order valence-electron chi connectivity index (χ4n) is 4.38. The van der Waals surface area contributed by atoms with Gasteiger partial charge in [0.1, 0.15) is 31.4 Å². The summed E-state index contributed by atoms with van der Waals surface area (Å²) >= 11 is 3.89. The molecule has 0 aliphatic rings. The summed E-state index contributed by atoms with van der Waals surface area (Å²) < 4.78 is 32.3. The summed E-state index contributed by atoms with van der Waals surface area (Å²) in [5.41, 5.74) is 1.71. The van der Waals surface area contributed by atoms with Gasteiger partial charge in [-0.1, -0.05) is 67.1 Å². The number of nitrogens with zero attached hydrogens (tertiary/aromatic N) is 2. The highest BCUT2D eigenvalue weighted by molar-refractivity contribution is 7.99. The minimum atomic E-state index is -1.67. The first-order chi connectivity index (χ1) is 21.4. The highest BCUT2D eigenvalue weighted by atomic mass is 32.2. The molecule has 3 N–H and O–H groups in total. The van der Waals surface area contributed by atoms with E-state index >= 15 is 0 Å². The molecular formula is C32H41F2N3O5S2. The lowest BCUT2D eigenvalue weighted by Gasteiger charge is -2.25. The zero-order valence-corrected chi connectivity index (χ0v) is 26.2. The maximum Gasteiger partial charge on any atom is 0.351 e. The van der Waals surface area contributed by atoms with Crippen molar-refractivity contribution in [3.05, 3.63) is 94.5 Å². The van der Waals surface area contributed by atoms with E-state index in [9.17, 15) is 28.6 Å². The molecule has 1 aromatic heterocycles. The lowest BCUT2D eigenvalue weighted by molar-refractivity contribution is -0.133. The fourth-order valence-corrected chi connectivity index (χ4v) is 6.79. The summed E-state index contributed by atoms with van der Waals surface area (Å²) in [4.78, 5) is 28.8. The van der Waals surface area contributed by atoms with Crippen LogP contribution in [0.3, 0.4) is 0 Å². The quantitative estimate of drug-likeness (QED) is 0.129. The largest absolute Gasteiger partial charge is 0.394 e. The molecule has 12 heteroatoms. The first-order valence-corrected chi connectivity index (χ1v) is 16.9. The van der Waals surface area contributed by atoms with E-state index in [0.717, 1.165) is 41.1 Å². The molecule has 3 aromatic rings. The van der Waals surface area contributed by atoms with Gasteiger partial charge >= 0.3 is 5.69 Å². The van der Waals surface area contributed by atoms with Crippen LogP contribution in [0, 0.1) is 0 Å². The lowest BCUT2D eigenvalue weighted by Crippen LogP contribution is -2.39. The van der Waals surface area contributed by atoms with Crippen molar-refractivity contribution in [2.45, 2.75) is 67.3 Å². The summed E-state index contributed by atoms with van der Waals surface area (Å²) in [6, 6.07) is 22.2. The Labute approximate surface area is 265 Å². The van der Waals surface area contributed by atoms with Gasteiger partial charge in [-0.3, -0.25) is 9.36 Å². The van der Waals surface area contributed by atoms with Crippen LogP contribution >= 0.6 is 23.5 Å². The second-order valence-corrected chi connectivity index (χ2v) is 12.6. The first-order valence-electron chi connectivity index (χ1n) is 14.7. The molecular weight excluding hydrogens is 608 g/mol. The second kappa shape index (κ2) is 20.3. The van der Waals surface area contributed by atoms with Gasteiger partial charge in [-0.15, -0.1) is 0 Å². The van der Waals surface area contributed by atoms with E-state index in [2.05, 4.69) is 58.8 Å². The predicted molar refractivity (Wildman–Crippen MR) is 173 cm³/mol. The number of nitrogens with one attached hydrogen (secondary N) is 1. The van der Waals surface area contributed by atoms with Crippen molar-refractivity contribution in [2.24, 2.45) is 0 Å². The van der Waals surface area contributed by atoms with E-state index in [1.807, 2.05) is 35.7 Å². The highest BCUT2D eigenvalue weighted by Gasteiger charge is 2.25. The molecule has 1 amide bonds. The molecule has 3 rings (SSSR count). The Kier molecular flexibility index (Phi) is 16.5. The predicted octanol–water partition coefficient (Wildman–Crippen LogP) is 5.54. The Morgan fingerprint density at radius 3 is 2.25 bits per heavy atom. The van der Waals surface area contributed by atoms with Gasteiger partial charge in [0.25, 0.3) is 0 Å². The zero-order chi connectivity index (χ0) is 31.6. The maximum absolute atomic E-state index is 13.6. The van der Waals surface area contributed by atoms with Crippen LogP contribution in [0.5, 0.6) is 0 Å². The van der Waals surface area contributed by atoms with Crippen molar-refractivity contribution < 1.29 is 28.5 Å². The molecule has 0 aliphatic heterocycles. The standard InChI is InChI=1S/C32H41F2N3O5S2/c33-19-27(39)28(21-38)42-31(20-34)37-17-15-29(36-32(37)41)35-30(40)14-8-7-13-26(44-23-25-11-5-2-6-12-25)16-18-43-22-24-9-3-1-4-10-24/h1-6,9-12,15,17,26-28,31,38-39H,7-8,13-14,16,18-23H2,(H,35,36,40,41). The molecule has 0 spiro atoms. The van der Waals surface area contributed by atoms with E-state index in [4.69, 9.17) is 4.74 Å². The monoisotopic (exact) mass is 649 g/mol. The molecule has 8 nitrogen and oxygen atoms in total. The minimum absolute atomic E-state index is 0.0168. The van der Waals surface area contributed by atoms with Crippen LogP contribution < -0.4 is 11.0 Å². The lowest BCUT2D eigenvalue weighted by atomic mass is 10.1. The van der Waals surface area contributed by atoms with E-state index in [-0.39, 0.29) is 18.1 Å². The first kappa shape index (κ1) is 35.7. The van der Waals surface area contributed by atoms with Gasteiger partial charge in [-0.2, -0.15) is 28.5 Å². The number of aromatic nitrogens is 2. The number of carbonyl (C=O) groups is 1. The Hall–Kier alpha value is -2.77. The van der Waals surface area contributed by atoms with Gasteiger partial charge in [0.2, 0.25) is 5.91 Å². The third kappa shape index (κ3) is 12.7. The Balaban J connectivity index is 1.45. The van der Waals surface area contributed by atoms with Crippen LogP contribution in [0.2, 0.25) is 0 Å². The highest BCUT2D eigenvalue weighted by Crippen LogP contribution is 2.27. The van der Waals surface area contributed by atoms with Crippen LogP contribution in [0.15, 0.2) is 77.7 Å². The number of ether oxygens (including phenoxy) is 1. The minimum Gasteiger partial charge on any atom is -0.394 e. The van der Waals surface area contributed by atoms with Crippen molar-refractivity contribution in [1.82, 2.24) is 9.55 Å². The number of rotatable bonds is 21. The van der Waals surface area contributed by atoms with Gasteiger partial charge in [0, 0.05) is 29.4 Å². The molecule has 0 fully saturated rings. The average Bonchev–Trinajstić information content (AvgIpc) is 3.05. The maximum atomic E-state index is 13.6. The second-order valence-electron chi connectivity index (χ2n) is 10.2. The molecule has 0 bridgehead atoms. The summed E-state index contributed by atoms with van der Waals surface area (Å²) in [5.74, 6) is 2.72. The van der Waals surface area contributed by atoms with Crippen molar-refractivity contribution in [2.75, 3.05) is 31.0 Å². The van der Waals surface area contributed by atoms with Crippen LogP contribution in [-0.2, 0) is 21.0 Å². The number of alkyl halides is 2. The molecule has 4 atom stereocenters. The molecule has 0 radical (unpaired) electrons. The van der Waals surface area contributed by atoms with Crippen LogP contribution in [0.1, 0.15) is 49.5 Å². The SMILES string of the molecule is O=C(CCCCC(CCSCc1ccccc1)SCc1ccccc1)Nc1ccn(C(CF)OC(CO)C(O)CF)c(=O)n1. The number of halogens is 2. The Bertz CT molecular complexity index is 1290. The van der Waals surface area contributed by atoms with Crippen molar-refractivity contribution in [3.8, 4) is 0 Å². The molecule has 44 heavy (non-hydrogen) atoms. The van der Waals surface area contributed by atoms with E-state index < -0.39 is 44.1 Å². The van der Waals surface area contributed by atoms with Gasteiger partial charge in [-0.25, -0.2) is 13.6 Å². The number of hydrogen-bond acceptors (Lipinski definition) is 8. The van der Waals surface area contributed by atoms with Gasteiger partial charge in [0.15, 0.2) is 6.23 Å². The van der Waals surface area contributed by atoms with Crippen molar-refractivity contribution >= 4 is 35.2 Å². The Morgan fingerprint density at radius 2 is 1.64 bits per heavy atom. The number of aliphatic hydroxyl groups excluding tert-OH is 2. The number of carbonyl (C=O) groups excluding carboxylic acids is 1. The zero-order valence-electron chi connectivity index (χ0n) is 24.6. The van der Waals surface area contributed by atoms with Crippen molar-refractivity contribution in [3.63, 3.8) is 0 Å². The third-order valence-electron chi connectivity index (χ3n) is 6.84. The van der Waals surface area contributed by atoms with E-state index in [1.165, 1.54) is 23.4 Å². The number of benzene rings is 2. The molecule has 4 unspecified atom stereocenters. The molecule has 240 valence electrons. The number of thioether (sulfide) groups is 2. The summed E-state index contributed by atoms with van der Waals surface area (Å²) in [7, 11) is 0. The topological polar surface area (TPSA) is 114 Å². The van der Waals surface area contributed by atoms with Crippen LogP contribution in [-0.4, -0.2) is 68.8 Å². The molecule has 1 heterocycles. The number of hydrogen-bond donors (Lipinski definition) is 3. The average molecular weight is 650 g/mol. The van der Waals surface area contributed by atoms with Gasteiger partial charge in [-0.05, 0) is 42.2 Å². The fraction of sp³-hybridized carbons (Fsp3) is 0.469. The molecule has 0 saturated heterocycles. The summed E-state index contributed by atoms with van der Waals surface area (Å²) in [5, 5.41) is 21.9. The van der Waals surface area contributed by atoms with Gasteiger partial charge < -0.3 is 20.3 Å². The molecule has 2 aromatic carbocycles. The number of unbranched alkanes of at least 4 members (excludes halogenated alkanes) is 1. The smallest absolute Gasteiger partial charge is 0.351 e. The molecule has 0 aliphatic carbocycles. The van der Waals surface area contributed by atoms with Crippen LogP contribution in [0.4, 0.5) is 14.6 Å². The number of anilines is 1. The van der Waals surface area contributed by atoms with Crippen LogP contribution in [0.25, 0.3) is 0 Å².